The predicted octanol–water partition coefficient (Wildman–Crippen LogP) is 1.17. The van der Waals surface area contributed by atoms with Gasteiger partial charge in [0, 0.05) is 6.20 Å². The standard InChI is InChI=1S/C11H10ClN3O4/c12-7-3-6(11(16)17)4-15-9(7)13-14-10(15)8-5-18-1-2-19-8/h3-4,8H,1-2,5H2,(H,16,17). The normalized spacial score (nSPS) is 19.7. The van der Waals surface area contributed by atoms with Crippen molar-refractivity contribution in [1.82, 2.24) is 14.6 Å². The molecule has 0 aromatic carbocycles. The smallest absolute Gasteiger partial charge is 0.337 e. The first-order chi connectivity index (χ1) is 9.16. The molecule has 0 aliphatic carbocycles. The third-order valence-electron chi connectivity index (χ3n) is 2.84. The molecular weight excluding hydrogens is 274 g/mol. The first kappa shape index (κ1) is 12.3. The van der Waals surface area contributed by atoms with E-state index in [0.29, 0.717) is 31.3 Å². The average molecular weight is 284 g/mol. The zero-order valence-corrected chi connectivity index (χ0v) is 10.5. The molecule has 2 aromatic rings. The highest BCUT2D eigenvalue weighted by molar-refractivity contribution is 6.33. The van der Waals surface area contributed by atoms with Crippen LogP contribution in [0.3, 0.4) is 0 Å². The average Bonchev–Trinajstić information content (AvgIpc) is 2.84. The number of hydrogen-bond donors (Lipinski definition) is 1. The summed E-state index contributed by atoms with van der Waals surface area (Å²) in [7, 11) is 0. The number of rotatable bonds is 2. The van der Waals surface area contributed by atoms with Gasteiger partial charge in [-0.15, -0.1) is 10.2 Å². The quantitative estimate of drug-likeness (QED) is 0.890. The zero-order chi connectivity index (χ0) is 13.4. The Morgan fingerprint density at radius 1 is 1.47 bits per heavy atom. The highest BCUT2D eigenvalue weighted by atomic mass is 35.5. The molecule has 19 heavy (non-hydrogen) atoms. The molecule has 0 saturated carbocycles. The highest BCUT2D eigenvalue weighted by Gasteiger charge is 2.23. The molecule has 1 atom stereocenters. The summed E-state index contributed by atoms with van der Waals surface area (Å²) < 4.78 is 12.4. The van der Waals surface area contributed by atoms with Crippen molar-refractivity contribution in [2.75, 3.05) is 19.8 Å². The Morgan fingerprint density at radius 3 is 3.00 bits per heavy atom. The number of hydrogen-bond acceptors (Lipinski definition) is 5. The third-order valence-corrected chi connectivity index (χ3v) is 3.12. The summed E-state index contributed by atoms with van der Waals surface area (Å²) in [5, 5.41) is 17.2. The van der Waals surface area contributed by atoms with Gasteiger partial charge in [0.25, 0.3) is 0 Å². The van der Waals surface area contributed by atoms with Crippen molar-refractivity contribution < 1.29 is 19.4 Å². The van der Waals surface area contributed by atoms with Crippen LogP contribution < -0.4 is 0 Å². The van der Waals surface area contributed by atoms with E-state index in [-0.39, 0.29) is 16.7 Å². The van der Waals surface area contributed by atoms with Crippen molar-refractivity contribution >= 4 is 23.2 Å². The SMILES string of the molecule is O=C(O)c1cc(Cl)c2nnc(C3COCCO3)n2c1. The summed E-state index contributed by atoms with van der Waals surface area (Å²) in [6.07, 6.45) is 1.06. The molecule has 2 aromatic heterocycles. The van der Waals surface area contributed by atoms with Crippen molar-refractivity contribution in [2.45, 2.75) is 6.10 Å². The number of ether oxygens (including phenoxy) is 2. The molecule has 1 fully saturated rings. The monoisotopic (exact) mass is 283 g/mol. The summed E-state index contributed by atoms with van der Waals surface area (Å²) in [5.41, 5.74) is 0.464. The lowest BCUT2D eigenvalue weighted by atomic mass is 10.2. The maximum Gasteiger partial charge on any atom is 0.337 e. The van der Waals surface area contributed by atoms with Gasteiger partial charge in [0.05, 0.1) is 30.4 Å². The molecule has 1 aliphatic rings. The second kappa shape index (κ2) is 4.76. The van der Waals surface area contributed by atoms with Gasteiger partial charge < -0.3 is 14.6 Å². The van der Waals surface area contributed by atoms with Crippen LogP contribution in [0.2, 0.25) is 5.02 Å². The Kier molecular flexibility index (Phi) is 3.09. The zero-order valence-electron chi connectivity index (χ0n) is 9.74. The van der Waals surface area contributed by atoms with Crippen molar-refractivity contribution in [3.63, 3.8) is 0 Å². The second-order valence-electron chi connectivity index (χ2n) is 4.07. The van der Waals surface area contributed by atoms with Crippen LogP contribution in [0.25, 0.3) is 5.65 Å². The van der Waals surface area contributed by atoms with Crippen molar-refractivity contribution in [3.8, 4) is 0 Å². The van der Waals surface area contributed by atoms with Crippen LogP contribution in [-0.2, 0) is 9.47 Å². The molecule has 3 heterocycles. The lowest BCUT2D eigenvalue weighted by Gasteiger charge is -2.21. The van der Waals surface area contributed by atoms with Gasteiger partial charge in [0.2, 0.25) is 0 Å². The lowest BCUT2D eigenvalue weighted by molar-refractivity contribution is -0.0938. The molecule has 0 spiro atoms. The first-order valence-electron chi connectivity index (χ1n) is 5.63. The van der Waals surface area contributed by atoms with Gasteiger partial charge in [-0.2, -0.15) is 0 Å². The minimum absolute atomic E-state index is 0.0651. The minimum atomic E-state index is -1.07. The van der Waals surface area contributed by atoms with E-state index in [2.05, 4.69) is 10.2 Å². The number of carbonyl (C=O) groups is 1. The van der Waals surface area contributed by atoms with Gasteiger partial charge in [0.1, 0.15) is 6.10 Å². The second-order valence-corrected chi connectivity index (χ2v) is 4.48. The van der Waals surface area contributed by atoms with Crippen molar-refractivity contribution in [3.05, 3.63) is 28.7 Å². The topological polar surface area (TPSA) is 86.0 Å². The van der Waals surface area contributed by atoms with E-state index >= 15 is 0 Å². The fraction of sp³-hybridized carbons (Fsp3) is 0.364. The van der Waals surface area contributed by atoms with Crippen molar-refractivity contribution in [2.24, 2.45) is 0 Å². The van der Waals surface area contributed by atoms with E-state index in [4.69, 9.17) is 26.2 Å². The van der Waals surface area contributed by atoms with E-state index in [9.17, 15) is 4.79 Å². The van der Waals surface area contributed by atoms with Gasteiger partial charge >= 0.3 is 5.97 Å². The van der Waals surface area contributed by atoms with Gasteiger partial charge in [-0.3, -0.25) is 4.40 Å². The van der Waals surface area contributed by atoms with Gasteiger partial charge in [-0.1, -0.05) is 11.6 Å². The number of aromatic carboxylic acids is 1. The molecule has 1 N–H and O–H groups in total. The molecule has 1 unspecified atom stereocenters. The summed E-state index contributed by atoms with van der Waals surface area (Å²) in [6.45, 7) is 1.36. The minimum Gasteiger partial charge on any atom is -0.478 e. The van der Waals surface area contributed by atoms with Gasteiger partial charge in [0.15, 0.2) is 11.5 Å². The molecule has 3 rings (SSSR count). The van der Waals surface area contributed by atoms with Gasteiger partial charge in [-0.25, -0.2) is 4.79 Å². The van der Waals surface area contributed by atoms with E-state index in [1.165, 1.54) is 16.7 Å². The Balaban J connectivity index is 2.12. The van der Waals surface area contributed by atoms with Crippen molar-refractivity contribution in [1.29, 1.82) is 0 Å². The summed E-state index contributed by atoms with van der Waals surface area (Å²) in [5.74, 6) is -0.580. The number of pyridine rings is 1. The summed E-state index contributed by atoms with van der Waals surface area (Å²) in [6, 6.07) is 1.34. The molecule has 0 bridgehead atoms. The molecule has 0 amide bonds. The molecule has 100 valence electrons. The number of carboxylic acid groups (broad SMARTS) is 1. The Hall–Kier alpha value is -1.70. The maximum atomic E-state index is 11.0. The molecule has 0 radical (unpaired) electrons. The maximum absolute atomic E-state index is 11.0. The number of halogens is 1. The first-order valence-corrected chi connectivity index (χ1v) is 6.01. The Labute approximate surface area is 112 Å². The number of carboxylic acids is 1. The molecule has 7 nitrogen and oxygen atoms in total. The van der Waals surface area contributed by atoms with E-state index in [0.717, 1.165) is 0 Å². The summed E-state index contributed by atoms with van der Waals surface area (Å²) in [4.78, 5) is 11.0. The lowest BCUT2D eigenvalue weighted by Crippen LogP contribution is -2.23. The summed E-state index contributed by atoms with van der Waals surface area (Å²) >= 11 is 6.00. The predicted molar refractivity (Wildman–Crippen MR) is 64.5 cm³/mol. The molecule has 1 saturated heterocycles. The van der Waals surface area contributed by atoms with E-state index in [1.807, 2.05) is 0 Å². The number of aromatic nitrogens is 3. The van der Waals surface area contributed by atoms with Crippen LogP contribution in [0.4, 0.5) is 0 Å². The number of fused-ring (bicyclic) bond motifs is 1. The molecule has 8 heteroatoms. The third kappa shape index (κ3) is 2.16. The Morgan fingerprint density at radius 2 is 2.32 bits per heavy atom. The van der Waals surface area contributed by atoms with Crippen LogP contribution in [0.1, 0.15) is 22.3 Å². The van der Waals surface area contributed by atoms with Crippen LogP contribution in [0, 0.1) is 0 Å². The fourth-order valence-corrected chi connectivity index (χ4v) is 2.19. The molecular formula is C11H10ClN3O4. The van der Waals surface area contributed by atoms with Gasteiger partial charge in [-0.05, 0) is 6.07 Å². The number of nitrogens with zero attached hydrogens (tertiary/aromatic N) is 3. The molecule has 1 aliphatic heterocycles. The van der Waals surface area contributed by atoms with Crippen LogP contribution >= 0.6 is 11.6 Å². The highest BCUT2D eigenvalue weighted by Crippen LogP contribution is 2.24. The van der Waals surface area contributed by atoms with E-state index < -0.39 is 5.97 Å². The largest absolute Gasteiger partial charge is 0.478 e. The van der Waals surface area contributed by atoms with Crippen LogP contribution in [0.15, 0.2) is 12.3 Å². The van der Waals surface area contributed by atoms with Crippen LogP contribution in [0.5, 0.6) is 0 Å². The Bertz CT molecular complexity index is 636. The van der Waals surface area contributed by atoms with E-state index in [1.54, 1.807) is 0 Å². The van der Waals surface area contributed by atoms with Crippen LogP contribution in [-0.4, -0.2) is 45.5 Å². The fourth-order valence-electron chi connectivity index (χ4n) is 1.94.